The Hall–Kier alpha value is -3.62. The predicted molar refractivity (Wildman–Crippen MR) is 96.6 cm³/mol. The van der Waals surface area contributed by atoms with Crippen molar-refractivity contribution in [2.24, 2.45) is 0 Å². The van der Waals surface area contributed by atoms with Crippen molar-refractivity contribution in [3.63, 3.8) is 0 Å². The van der Waals surface area contributed by atoms with Gasteiger partial charge in [0.2, 0.25) is 5.75 Å². The minimum Gasteiger partial charge on any atom is -0.493 e. The van der Waals surface area contributed by atoms with Crippen molar-refractivity contribution in [1.82, 2.24) is 0 Å². The lowest BCUT2D eigenvalue weighted by atomic mass is 10.1. The van der Waals surface area contributed by atoms with Crippen LogP contribution in [0, 0.1) is 10.1 Å². The highest BCUT2D eigenvalue weighted by Crippen LogP contribution is 2.38. The Balaban J connectivity index is 2.26. The number of nitro groups is 1. The molecule has 0 aliphatic rings. The first-order chi connectivity index (χ1) is 12.9. The van der Waals surface area contributed by atoms with Crippen LogP contribution in [-0.4, -0.2) is 37.6 Å². The van der Waals surface area contributed by atoms with Crippen LogP contribution >= 0.6 is 0 Å². The second-order valence-corrected chi connectivity index (χ2v) is 5.24. The summed E-state index contributed by atoms with van der Waals surface area (Å²) in [6.45, 7) is 1.96. The second-order valence-electron chi connectivity index (χ2n) is 5.24. The van der Waals surface area contributed by atoms with E-state index in [-0.39, 0.29) is 29.4 Å². The van der Waals surface area contributed by atoms with Crippen molar-refractivity contribution >= 4 is 23.3 Å². The van der Waals surface area contributed by atoms with Gasteiger partial charge >= 0.3 is 11.7 Å². The second kappa shape index (κ2) is 8.65. The standard InChI is InChI=1S/C18H18N2O7/c1-4-27-18(22)11-5-7-13(8-6-11)19-17(21)12-9-14(20(23)24)16(26-3)15(10-12)25-2/h5-10H,4H2,1-3H3,(H,19,21). The molecule has 0 radical (unpaired) electrons. The van der Waals surface area contributed by atoms with Crippen LogP contribution in [0.1, 0.15) is 27.6 Å². The van der Waals surface area contributed by atoms with E-state index in [1.54, 1.807) is 6.92 Å². The molecule has 9 heteroatoms. The monoisotopic (exact) mass is 374 g/mol. The van der Waals surface area contributed by atoms with Crippen LogP contribution in [0.4, 0.5) is 11.4 Å². The molecule has 2 aromatic rings. The lowest BCUT2D eigenvalue weighted by Crippen LogP contribution is -2.13. The number of nitrogens with zero attached hydrogens (tertiary/aromatic N) is 1. The SMILES string of the molecule is CCOC(=O)c1ccc(NC(=O)c2cc(OC)c(OC)c([N+](=O)[O-])c2)cc1. The summed E-state index contributed by atoms with van der Waals surface area (Å²) in [4.78, 5) is 34.7. The maximum Gasteiger partial charge on any atom is 0.338 e. The van der Waals surface area contributed by atoms with Crippen LogP contribution in [0.15, 0.2) is 36.4 Å². The molecule has 2 rings (SSSR count). The number of rotatable bonds is 7. The molecule has 0 saturated heterocycles. The van der Waals surface area contributed by atoms with Gasteiger partial charge in [-0.2, -0.15) is 0 Å². The number of amides is 1. The van der Waals surface area contributed by atoms with E-state index in [1.807, 2.05) is 0 Å². The van der Waals surface area contributed by atoms with Crippen LogP contribution in [0.5, 0.6) is 11.5 Å². The van der Waals surface area contributed by atoms with Gasteiger partial charge in [0.1, 0.15) is 0 Å². The van der Waals surface area contributed by atoms with Crippen molar-refractivity contribution < 1.29 is 28.7 Å². The summed E-state index contributed by atoms with van der Waals surface area (Å²) < 4.78 is 15.0. The number of ether oxygens (including phenoxy) is 3. The first-order valence-electron chi connectivity index (χ1n) is 7.90. The van der Waals surface area contributed by atoms with Crippen LogP contribution in [0.25, 0.3) is 0 Å². The Morgan fingerprint density at radius 3 is 2.26 bits per heavy atom. The molecule has 0 unspecified atom stereocenters. The van der Waals surface area contributed by atoms with E-state index in [4.69, 9.17) is 14.2 Å². The van der Waals surface area contributed by atoms with Gasteiger partial charge in [-0.05, 0) is 37.3 Å². The van der Waals surface area contributed by atoms with Gasteiger partial charge in [0, 0.05) is 11.8 Å². The van der Waals surface area contributed by atoms with Crippen LogP contribution < -0.4 is 14.8 Å². The number of methoxy groups -OCH3 is 2. The van der Waals surface area contributed by atoms with Crippen LogP contribution in [0.2, 0.25) is 0 Å². The summed E-state index contributed by atoms with van der Waals surface area (Å²) >= 11 is 0. The van der Waals surface area contributed by atoms with E-state index in [9.17, 15) is 19.7 Å². The molecule has 0 aromatic heterocycles. The van der Waals surface area contributed by atoms with Gasteiger partial charge in [0.25, 0.3) is 5.91 Å². The first kappa shape index (κ1) is 19.7. The Labute approximate surface area is 155 Å². The summed E-state index contributed by atoms with van der Waals surface area (Å²) in [6, 6.07) is 8.51. The number of carbonyl (C=O) groups is 2. The molecule has 0 spiro atoms. The minimum atomic E-state index is -0.660. The zero-order valence-corrected chi connectivity index (χ0v) is 15.0. The lowest BCUT2D eigenvalue weighted by Gasteiger charge is -2.11. The number of benzene rings is 2. The molecule has 0 fully saturated rings. The molecule has 0 bridgehead atoms. The van der Waals surface area contributed by atoms with Crippen LogP contribution in [0.3, 0.4) is 0 Å². The molecule has 0 aliphatic carbocycles. The number of nitrogens with one attached hydrogen (secondary N) is 1. The van der Waals surface area contributed by atoms with Gasteiger partial charge in [0.05, 0.1) is 36.9 Å². The fourth-order valence-electron chi connectivity index (χ4n) is 2.32. The molecule has 142 valence electrons. The summed E-state index contributed by atoms with van der Waals surface area (Å²) in [5, 5.41) is 13.8. The molecule has 0 atom stereocenters. The number of esters is 1. The molecular formula is C18H18N2O7. The third-order valence-corrected chi connectivity index (χ3v) is 3.57. The fourth-order valence-corrected chi connectivity index (χ4v) is 2.32. The summed E-state index contributed by atoms with van der Waals surface area (Å²) in [5.74, 6) is -1.05. The quantitative estimate of drug-likeness (QED) is 0.450. The molecule has 1 amide bonds. The maximum absolute atomic E-state index is 12.5. The molecular weight excluding hydrogens is 356 g/mol. The number of carbonyl (C=O) groups excluding carboxylic acids is 2. The van der Waals surface area contributed by atoms with Gasteiger partial charge in [-0.3, -0.25) is 14.9 Å². The highest BCUT2D eigenvalue weighted by molar-refractivity contribution is 6.05. The number of hydrogen-bond donors (Lipinski definition) is 1. The highest BCUT2D eigenvalue weighted by atomic mass is 16.6. The lowest BCUT2D eigenvalue weighted by molar-refractivity contribution is -0.385. The van der Waals surface area contributed by atoms with Gasteiger partial charge in [-0.15, -0.1) is 0 Å². The smallest absolute Gasteiger partial charge is 0.338 e. The average Bonchev–Trinajstić information content (AvgIpc) is 2.67. The predicted octanol–water partition coefficient (Wildman–Crippen LogP) is 3.04. The van der Waals surface area contributed by atoms with Gasteiger partial charge < -0.3 is 19.5 Å². The Kier molecular flexibility index (Phi) is 6.32. The molecule has 2 aromatic carbocycles. The largest absolute Gasteiger partial charge is 0.493 e. The van der Waals surface area contributed by atoms with Crippen molar-refractivity contribution in [1.29, 1.82) is 0 Å². The molecule has 9 nitrogen and oxygen atoms in total. The van der Waals surface area contributed by atoms with Gasteiger partial charge in [-0.1, -0.05) is 0 Å². The molecule has 1 N–H and O–H groups in total. The Morgan fingerprint density at radius 2 is 1.74 bits per heavy atom. The maximum atomic E-state index is 12.5. The van der Waals surface area contributed by atoms with E-state index in [1.165, 1.54) is 44.6 Å². The van der Waals surface area contributed by atoms with E-state index in [0.29, 0.717) is 11.3 Å². The van der Waals surface area contributed by atoms with E-state index in [0.717, 1.165) is 6.07 Å². The summed E-state index contributed by atoms with van der Waals surface area (Å²) in [7, 11) is 2.59. The fraction of sp³-hybridized carbons (Fsp3) is 0.222. The Morgan fingerprint density at radius 1 is 1.07 bits per heavy atom. The van der Waals surface area contributed by atoms with Gasteiger partial charge in [-0.25, -0.2) is 4.79 Å². The zero-order valence-electron chi connectivity index (χ0n) is 15.0. The van der Waals surface area contributed by atoms with Crippen LogP contribution in [-0.2, 0) is 4.74 Å². The van der Waals surface area contributed by atoms with Gasteiger partial charge in [0.15, 0.2) is 5.75 Å². The molecule has 0 heterocycles. The number of anilines is 1. The number of hydrogen-bond acceptors (Lipinski definition) is 7. The topological polar surface area (TPSA) is 117 Å². The van der Waals surface area contributed by atoms with Crippen molar-refractivity contribution in [3.8, 4) is 11.5 Å². The zero-order chi connectivity index (χ0) is 20.0. The summed E-state index contributed by atoms with van der Waals surface area (Å²) in [5.41, 5.74) is 0.385. The van der Waals surface area contributed by atoms with Crippen molar-refractivity contribution in [2.75, 3.05) is 26.1 Å². The molecule has 0 aliphatic heterocycles. The van der Waals surface area contributed by atoms with E-state index in [2.05, 4.69) is 5.32 Å². The minimum absolute atomic E-state index is 0.0221. The number of nitro benzene ring substituents is 1. The third kappa shape index (κ3) is 4.51. The average molecular weight is 374 g/mol. The van der Waals surface area contributed by atoms with Crippen molar-refractivity contribution in [2.45, 2.75) is 6.92 Å². The normalized spacial score (nSPS) is 10.0. The Bertz CT molecular complexity index is 863. The molecule has 27 heavy (non-hydrogen) atoms. The first-order valence-corrected chi connectivity index (χ1v) is 7.90. The van der Waals surface area contributed by atoms with Crippen molar-refractivity contribution in [3.05, 3.63) is 57.6 Å². The summed E-state index contributed by atoms with van der Waals surface area (Å²) in [6.07, 6.45) is 0. The third-order valence-electron chi connectivity index (χ3n) is 3.57. The van der Waals surface area contributed by atoms with E-state index < -0.39 is 16.8 Å². The van der Waals surface area contributed by atoms with E-state index >= 15 is 0 Å². The molecule has 0 saturated carbocycles. The highest BCUT2D eigenvalue weighted by Gasteiger charge is 2.24.